The fourth-order valence-electron chi connectivity index (χ4n) is 1.55. The van der Waals surface area contributed by atoms with Gasteiger partial charge in [0.05, 0.1) is 5.02 Å². The molecule has 0 aromatic heterocycles. The number of benzene rings is 1. The molecule has 0 aliphatic heterocycles. The monoisotopic (exact) mass is 325 g/mol. The lowest BCUT2D eigenvalue weighted by Gasteiger charge is -2.18. The van der Waals surface area contributed by atoms with E-state index < -0.39 is 10.0 Å². The van der Waals surface area contributed by atoms with Gasteiger partial charge in [-0.25, -0.2) is 12.7 Å². The van der Waals surface area contributed by atoms with Gasteiger partial charge in [-0.1, -0.05) is 17.7 Å². The van der Waals surface area contributed by atoms with E-state index in [1.54, 1.807) is 19.2 Å². The van der Waals surface area contributed by atoms with E-state index in [0.29, 0.717) is 19.6 Å². The summed E-state index contributed by atoms with van der Waals surface area (Å²) in [6, 6.07) is 4.77. The molecule has 19 heavy (non-hydrogen) atoms. The van der Waals surface area contributed by atoms with Crippen LogP contribution in [0.5, 0.6) is 0 Å². The fraction of sp³-hybridized carbons (Fsp3) is 0.500. The quantitative estimate of drug-likeness (QED) is 0.572. The molecule has 0 aliphatic carbocycles. The summed E-state index contributed by atoms with van der Waals surface area (Å²) in [4.78, 5) is 0.0900. The van der Waals surface area contributed by atoms with Crippen LogP contribution in [0.1, 0.15) is 12.0 Å². The van der Waals surface area contributed by atoms with E-state index in [1.165, 1.54) is 17.4 Å². The third-order valence-electron chi connectivity index (χ3n) is 2.66. The maximum atomic E-state index is 12.4. The highest BCUT2D eigenvalue weighted by atomic mass is 35.5. The Morgan fingerprint density at radius 3 is 2.63 bits per heavy atom. The van der Waals surface area contributed by atoms with Gasteiger partial charge in [0.1, 0.15) is 4.90 Å². The summed E-state index contributed by atoms with van der Waals surface area (Å²) in [7, 11) is -0.494. The largest absolute Gasteiger partial charge is 0.385 e. The minimum absolute atomic E-state index is 0.0900. The van der Waals surface area contributed by atoms with Gasteiger partial charge in [0.2, 0.25) is 10.0 Å². The highest BCUT2D eigenvalue weighted by Crippen LogP contribution is 2.26. The van der Waals surface area contributed by atoms with E-state index in [2.05, 4.69) is 0 Å². The summed E-state index contributed by atoms with van der Waals surface area (Å²) in [6.07, 6.45) is 0.624. The Labute approximate surface area is 124 Å². The number of ether oxygens (including phenoxy) is 1. The van der Waals surface area contributed by atoms with Gasteiger partial charge in [0.25, 0.3) is 0 Å². The zero-order valence-electron chi connectivity index (χ0n) is 10.9. The molecule has 108 valence electrons. The Kier molecular flexibility index (Phi) is 6.56. The van der Waals surface area contributed by atoms with Crippen LogP contribution < -0.4 is 0 Å². The Balaban J connectivity index is 2.99. The Bertz CT molecular complexity index is 520. The Morgan fingerprint density at radius 1 is 1.37 bits per heavy atom. The first-order chi connectivity index (χ1) is 8.93. The minimum Gasteiger partial charge on any atom is -0.385 e. The maximum absolute atomic E-state index is 12.4. The average Bonchev–Trinajstić information content (AvgIpc) is 2.39. The summed E-state index contributed by atoms with van der Waals surface area (Å²) in [5.41, 5.74) is 0.718. The summed E-state index contributed by atoms with van der Waals surface area (Å²) < 4.78 is 30.9. The van der Waals surface area contributed by atoms with Crippen molar-refractivity contribution in [3.63, 3.8) is 0 Å². The molecule has 0 radical (unpaired) electrons. The van der Waals surface area contributed by atoms with Crippen molar-refractivity contribution in [1.82, 2.24) is 4.31 Å². The minimum atomic E-state index is -3.60. The van der Waals surface area contributed by atoms with Gasteiger partial charge >= 0.3 is 0 Å². The van der Waals surface area contributed by atoms with Crippen LogP contribution in [0.25, 0.3) is 0 Å². The molecule has 0 unspecified atom stereocenters. The number of methoxy groups -OCH3 is 1. The second-order valence-corrected chi connectivity index (χ2v) is 6.76. The van der Waals surface area contributed by atoms with Crippen LogP contribution in [-0.2, 0) is 20.6 Å². The van der Waals surface area contributed by atoms with Crippen LogP contribution in [0.3, 0.4) is 0 Å². The smallest absolute Gasteiger partial charge is 0.244 e. The van der Waals surface area contributed by atoms with E-state index in [0.717, 1.165) is 5.56 Å². The molecule has 7 heteroatoms. The molecule has 0 fully saturated rings. The number of hydrogen-bond acceptors (Lipinski definition) is 3. The van der Waals surface area contributed by atoms with Crippen LogP contribution in [0, 0.1) is 0 Å². The second kappa shape index (κ2) is 7.45. The molecule has 0 saturated heterocycles. The van der Waals surface area contributed by atoms with Gasteiger partial charge in [-0.05, 0) is 24.1 Å². The highest BCUT2D eigenvalue weighted by Gasteiger charge is 2.23. The molecule has 0 bridgehead atoms. The topological polar surface area (TPSA) is 46.6 Å². The first-order valence-electron chi connectivity index (χ1n) is 5.73. The van der Waals surface area contributed by atoms with E-state index >= 15 is 0 Å². The van der Waals surface area contributed by atoms with Crippen molar-refractivity contribution in [1.29, 1.82) is 0 Å². The lowest BCUT2D eigenvalue weighted by Crippen LogP contribution is -2.28. The van der Waals surface area contributed by atoms with Crippen molar-refractivity contribution >= 4 is 33.2 Å². The van der Waals surface area contributed by atoms with Crippen molar-refractivity contribution in [2.24, 2.45) is 0 Å². The van der Waals surface area contributed by atoms with Gasteiger partial charge in [-0.2, -0.15) is 0 Å². The number of nitrogens with zero attached hydrogens (tertiary/aromatic N) is 1. The van der Waals surface area contributed by atoms with Crippen LogP contribution in [0.4, 0.5) is 0 Å². The lowest BCUT2D eigenvalue weighted by atomic mass is 10.2. The number of hydrogen-bond donors (Lipinski definition) is 0. The number of halogens is 2. The summed E-state index contributed by atoms with van der Waals surface area (Å²) >= 11 is 11.7. The molecule has 0 saturated carbocycles. The molecular weight excluding hydrogens is 309 g/mol. The molecule has 0 N–H and O–H groups in total. The van der Waals surface area contributed by atoms with Crippen LogP contribution in [0.2, 0.25) is 5.02 Å². The summed E-state index contributed by atoms with van der Waals surface area (Å²) in [5.74, 6) is 0.243. The van der Waals surface area contributed by atoms with Crippen molar-refractivity contribution in [3.8, 4) is 0 Å². The molecule has 0 amide bonds. The lowest BCUT2D eigenvalue weighted by molar-refractivity contribution is 0.189. The standard InChI is InChI=1S/C12H17Cl2NO3S/c1-15(6-3-7-18-2)19(16,17)12-8-10(9-13)4-5-11(12)14/h4-5,8H,3,6-7,9H2,1-2H3. The molecular formula is C12H17Cl2NO3S. The first-order valence-corrected chi connectivity index (χ1v) is 8.08. The van der Waals surface area contributed by atoms with Crippen molar-refractivity contribution < 1.29 is 13.2 Å². The third-order valence-corrected chi connectivity index (χ3v) is 5.31. The normalized spacial score (nSPS) is 12.1. The number of sulfonamides is 1. The van der Waals surface area contributed by atoms with Crippen molar-refractivity contribution in [2.45, 2.75) is 17.2 Å². The van der Waals surface area contributed by atoms with Crippen LogP contribution >= 0.6 is 23.2 Å². The first kappa shape index (κ1) is 16.7. The molecule has 0 spiro atoms. The molecule has 1 aromatic rings. The Morgan fingerprint density at radius 2 is 2.05 bits per heavy atom. The molecule has 1 rings (SSSR count). The maximum Gasteiger partial charge on any atom is 0.244 e. The SMILES string of the molecule is COCCCN(C)S(=O)(=O)c1cc(CCl)ccc1Cl. The predicted octanol–water partition coefficient (Wildman–Crippen LogP) is 2.74. The van der Waals surface area contributed by atoms with E-state index in [-0.39, 0.29) is 15.8 Å². The molecule has 0 atom stereocenters. The zero-order chi connectivity index (χ0) is 14.5. The van der Waals surface area contributed by atoms with Crippen molar-refractivity contribution in [3.05, 3.63) is 28.8 Å². The van der Waals surface area contributed by atoms with E-state index in [1.807, 2.05) is 0 Å². The highest BCUT2D eigenvalue weighted by molar-refractivity contribution is 7.89. The van der Waals surface area contributed by atoms with Gasteiger partial charge in [0, 0.05) is 33.2 Å². The van der Waals surface area contributed by atoms with Crippen molar-refractivity contribution in [2.75, 3.05) is 27.3 Å². The van der Waals surface area contributed by atoms with E-state index in [9.17, 15) is 8.42 Å². The van der Waals surface area contributed by atoms with Gasteiger partial charge in [-0.15, -0.1) is 11.6 Å². The van der Waals surface area contributed by atoms with E-state index in [4.69, 9.17) is 27.9 Å². The third kappa shape index (κ3) is 4.33. The van der Waals surface area contributed by atoms with Gasteiger partial charge in [0.15, 0.2) is 0 Å². The summed E-state index contributed by atoms with van der Waals surface area (Å²) in [6.45, 7) is 0.882. The molecule has 4 nitrogen and oxygen atoms in total. The zero-order valence-corrected chi connectivity index (χ0v) is 13.2. The second-order valence-electron chi connectivity index (χ2n) is 4.07. The summed E-state index contributed by atoms with van der Waals surface area (Å²) in [5, 5.41) is 0.201. The molecule has 1 aromatic carbocycles. The Hall–Kier alpha value is -0.330. The predicted molar refractivity (Wildman–Crippen MR) is 77.3 cm³/mol. The van der Waals surface area contributed by atoms with Gasteiger partial charge < -0.3 is 4.74 Å². The number of rotatable bonds is 7. The number of alkyl halides is 1. The van der Waals surface area contributed by atoms with Crippen LogP contribution in [0.15, 0.2) is 23.1 Å². The average molecular weight is 326 g/mol. The molecule has 0 aliphatic rings. The molecule has 0 heterocycles. The van der Waals surface area contributed by atoms with Gasteiger partial charge in [-0.3, -0.25) is 0 Å². The van der Waals surface area contributed by atoms with Crippen LogP contribution in [-0.4, -0.2) is 40.0 Å². The fourth-order valence-corrected chi connectivity index (χ4v) is 3.44.